The van der Waals surface area contributed by atoms with E-state index in [1.165, 1.54) is 56.2 Å². The quantitative estimate of drug-likeness (QED) is 0.360. The Bertz CT molecular complexity index is 598. The summed E-state index contributed by atoms with van der Waals surface area (Å²) in [7, 11) is -10.2. The highest BCUT2D eigenvalue weighted by atomic mass is 33.1. The molecule has 0 radical (unpaired) electrons. The molecule has 0 aliphatic carbocycles. The molecule has 1 fully saturated rings. The topological polar surface area (TPSA) is 68.3 Å². The summed E-state index contributed by atoms with van der Waals surface area (Å²) in [6.07, 6.45) is 7.16. The molecule has 26 heavy (non-hydrogen) atoms. The van der Waals surface area contributed by atoms with Crippen molar-refractivity contribution in [1.82, 2.24) is 0 Å². The third-order valence-corrected chi connectivity index (χ3v) is 12.1. The van der Waals surface area contributed by atoms with Crippen LogP contribution < -0.4 is 0 Å². The lowest BCUT2D eigenvalue weighted by molar-refractivity contribution is -0.914. The number of likely N-dealkylation sites (tertiary alicyclic amines) is 1. The molecule has 1 heterocycles. The van der Waals surface area contributed by atoms with Crippen LogP contribution in [0.25, 0.3) is 0 Å². The Balaban J connectivity index is 0.000000502. The number of unbranched alkanes of at least 4 members (excludes halogenated alkanes) is 1. The fourth-order valence-electron chi connectivity index (χ4n) is 2.28. The van der Waals surface area contributed by atoms with Gasteiger partial charge in [0.25, 0.3) is 18.9 Å². The van der Waals surface area contributed by atoms with E-state index in [9.17, 15) is 43.2 Å². The van der Waals surface area contributed by atoms with Crippen LogP contribution in [0.15, 0.2) is 0 Å². The molecule has 0 bridgehead atoms. The van der Waals surface area contributed by atoms with Gasteiger partial charge >= 0.3 is 11.0 Å². The normalized spacial score (nSPS) is 18.8. The highest BCUT2D eigenvalue weighted by Gasteiger charge is 2.55. The van der Waals surface area contributed by atoms with E-state index in [1.54, 1.807) is 0 Å². The standard InChI is InChI=1S/C10H22N.C2HF6O4PS2/c1-3-4-8-11(2)9-6-5-7-10-11;3-1(4,5)14(9,10)13-15(11,12)2(6,7)8/h3-10H2,1-2H3;13H/q+1;. The van der Waals surface area contributed by atoms with Crippen molar-refractivity contribution in [3.05, 3.63) is 0 Å². The Labute approximate surface area is 150 Å². The Morgan fingerprint density at radius 3 is 1.54 bits per heavy atom. The Kier molecular flexibility index (Phi) is 9.33. The molecule has 1 aliphatic rings. The summed E-state index contributed by atoms with van der Waals surface area (Å²) in [5.41, 5.74) is -12.0. The second-order valence-electron chi connectivity index (χ2n) is 6.19. The molecule has 0 aromatic rings. The van der Waals surface area contributed by atoms with Crippen LogP contribution in [-0.2, 0) is 18.9 Å². The summed E-state index contributed by atoms with van der Waals surface area (Å²) < 4.78 is 111. The average molecular weight is 454 g/mol. The maximum Gasteiger partial charge on any atom is 0.501 e. The highest BCUT2D eigenvalue weighted by molar-refractivity contribution is 8.76. The first-order chi connectivity index (χ1) is 11.5. The minimum atomic E-state index is -6.32. The van der Waals surface area contributed by atoms with Crippen LogP contribution in [0.1, 0.15) is 39.0 Å². The largest absolute Gasteiger partial charge is 0.501 e. The van der Waals surface area contributed by atoms with Gasteiger partial charge in [-0.15, -0.1) is 0 Å². The van der Waals surface area contributed by atoms with Gasteiger partial charge in [0.2, 0.25) is 0 Å². The second-order valence-corrected chi connectivity index (χ2v) is 14.5. The van der Waals surface area contributed by atoms with Gasteiger partial charge in [-0.2, -0.15) is 26.3 Å². The molecule has 0 saturated carbocycles. The van der Waals surface area contributed by atoms with Crippen molar-refractivity contribution in [2.75, 3.05) is 26.7 Å². The second kappa shape index (κ2) is 9.38. The maximum atomic E-state index is 11.5. The summed E-state index contributed by atoms with van der Waals surface area (Å²) >= 11 is 0. The zero-order valence-electron chi connectivity index (χ0n) is 14.3. The molecular formula is C12H23F6NO4PS2+. The molecule has 158 valence electrons. The van der Waals surface area contributed by atoms with Crippen molar-refractivity contribution < 1.29 is 47.7 Å². The summed E-state index contributed by atoms with van der Waals surface area (Å²) in [5.74, 6) is 0. The molecular weight excluding hydrogens is 431 g/mol. The van der Waals surface area contributed by atoms with Gasteiger partial charge in [-0.25, -0.2) is 16.8 Å². The number of piperidine rings is 1. The lowest BCUT2D eigenvalue weighted by Crippen LogP contribution is -2.48. The molecule has 0 N–H and O–H groups in total. The van der Waals surface area contributed by atoms with Gasteiger partial charge in [-0.05, 0) is 25.7 Å². The van der Waals surface area contributed by atoms with Crippen molar-refractivity contribution in [1.29, 1.82) is 0 Å². The summed E-state index contributed by atoms with van der Waals surface area (Å²) in [6, 6.07) is 0. The van der Waals surface area contributed by atoms with Gasteiger partial charge in [0, 0.05) is 0 Å². The molecule has 14 heteroatoms. The zero-order chi connectivity index (χ0) is 20.9. The molecule has 0 unspecified atom stereocenters. The van der Waals surface area contributed by atoms with Gasteiger partial charge in [0.1, 0.15) is 6.98 Å². The fraction of sp³-hybridized carbons (Fsp3) is 1.00. The third kappa shape index (κ3) is 8.26. The van der Waals surface area contributed by atoms with Crippen molar-refractivity contribution in [2.45, 2.75) is 50.0 Å². The van der Waals surface area contributed by atoms with E-state index in [1.807, 2.05) is 0 Å². The number of alkyl halides is 6. The molecule has 0 spiro atoms. The number of quaternary nitrogens is 1. The van der Waals surface area contributed by atoms with Crippen molar-refractivity contribution in [2.24, 2.45) is 0 Å². The van der Waals surface area contributed by atoms with E-state index in [-0.39, 0.29) is 0 Å². The van der Waals surface area contributed by atoms with Crippen LogP contribution >= 0.6 is 6.98 Å². The predicted molar refractivity (Wildman–Crippen MR) is 87.8 cm³/mol. The highest BCUT2D eigenvalue weighted by Crippen LogP contribution is 2.46. The van der Waals surface area contributed by atoms with Crippen LogP contribution in [0.4, 0.5) is 26.3 Å². The van der Waals surface area contributed by atoms with Gasteiger partial charge in [0.05, 0.1) is 26.7 Å². The molecule has 1 aliphatic heterocycles. The number of hydrogen-bond acceptors (Lipinski definition) is 4. The minimum absolute atomic E-state index is 1.36. The first-order valence-corrected chi connectivity index (χ1v) is 13.1. The van der Waals surface area contributed by atoms with Crippen molar-refractivity contribution in [3.63, 3.8) is 0 Å². The molecule has 1 rings (SSSR count). The van der Waals surface area contributed by atoms with Crippen molar-refractivity contribution >= 4 is 25.9 Å². The monoisotopic (exact) mass is 454 g/mol. The van der Waals surface area contributed by atoms with E-state index in [2.05, 4.69) is 14.0 Å². The van der Waals surface area contributed by atoms with Gasteiger partial charge in [-0.3, -0.25) is 0 Å². The Morgan fingerprint density at radius 2 is 1.23 bits per heavy atom. The number of nitrogens with zero attached hydrogens (tertiary/aromatic N) is 1. The molecule has 0 amide bonds. The average Bonchev–Trinajstić information content (AvgIpc) is 2.43. The van der Waals surface area contributed by atoms with Gasteiger partial charge in [-0.1, -0.05) is 13.3 Å². The van der Waals surface area contributed by atoms with Gasteiger partial charge in [0.15, 0.2) is 0 Å². The first-order valence-electron chi connectivity index (χ1n) is 7.72. The molecule has 0 aromatic carbocycles. The smallest absolute Gasteiger partial charge is 0.326 e. The maximum absolute atomic E-state index is 11.5. The summed E-state index contributed by atoms with van der Waals surface area (Å²) in [4.78, 5) is 0. The van der Waals surface area contributed by atoms with Crippen LogP contribution in [0.3, 0.4) is 0 Å². The SMILES string of the molecule is CCCC[N+]1(C)CCCCC1.O=S(=O)(PS(=O)(=O)C(F)(F)F)C(F)(F)F. The number of hydrogen-bond donors (Lipinski definition) is 0. The Morgan fingerprint density at radius 1 is 0.846 bits per heavy atom. The van der Waals surface area contributed by atoms with E-state index < -0.39 is 36.9 Å². The molecule has 0 aromatic heterocycles. The lowest BCUT2D eigenvalue weighted by atomic mass is 10.1. The van der Waals surface area contributed by atoms with E-state index >= 15 is 0 Å². The van der Waals surface area contributed by atoms with E-state index in [0.717, 1.165) is 0 Å². The summed E-state index contributed by atoms with van der Waals surface area (Å²) in [5, 5.41) is 0. The molecule has 1 saturated heterocycles. The van der Waals surface area contributed by atoms with Crippen LogP contribution in [0.2, 0.25) is 0 Å². The van der Waals surface area contributed by atoms with Crippen LogP contribution in [0, 0.1) is 0 Å². The number of rotatable bonds is 5. The Hall–Kier alpha value is -0.130. The van der Waals surface area contributed by atoms with E-state index in [4.69, 9.17) is 0 Å². The zero-order valence-corrected chi connectivity index (χ0v) is 17.0. The van der Waals surface area contributed by atoms with Gasteiger partial charge < -0.3 is 4.48 Å². The number of halogens is 6. The van der Waals surface area contributed by atoms with Crippen LogP contribution in [-0.4, -0.2) is 59.0 Å². The fourth-order valence-corrected chi connectivity index (χ4v) is 8.49. The minimum Gasteiger partial charge on any atom is -0.326 e. The van der Waals surface area contributed by atoms with Crippen molar-refractivity contribution in [3.8, 4) is 0 Å². The third-order valence-electron chi connectivity index (χ3n) is 3.78. The van der Waals surface area contributed by atoms with E-state index in [0.29, 0.717) is 0 Å². The summed E-state index contributed by atoms with van der Waals surface area (Å²) in [6.45, 7) is 3.24. The lowest BCUT2D eigenvalue weighted by Gasteiger charge is -2.37. The molecule has 5 nitrogen and oxygen atoms in total. The van der Waals surface area contributed by atoms with Crippen LogP contribution in [0.5, 0.6) is 0 Å². The first kappa shape index (κ1) is 25.9. The predicted octanol–water partition coefficient (Wildman–Crippen LogP) is 3.78. The molecule has 0 atom stereocenters.